The lowest BCUT2D eigenvalue weighted by Crippen LogP contribution is -2.59. The third-order valence-electron chi connectivity index (χ3n) is 6.80. The molecule has 37 heavy (non-hydrogen) atoms. The summed E-state index contributed by atoms with van der Waals surface area (Å²) in [6, 6.07) is 10.2. The number of aliphatic hydroxyl groups is 2. The molecule has 0 spiro atoms. The van der Waals surface area contributed by atoms with Crippen LogP contribution in [-0.4, -0.2) is 69.8 Å². The highest BCUT2D eigenvalue weighted by atomic mass is 19.1. The number of hydrogen-bond acceptors (Lipinski definition) is 7. The second-order valence-corrected chi connectivity index (χ2v) is 9.54. The Kier molecular flexibility index (Phi) is 8.68. The summed E-state index contributed by atoms with van der Waals surface area (Å²) in [6.07, 6.45) is 4.11. The first-order valence-corrected chi connectivity index (χ1v) is 12.6. The first-order chi connectivity index (χ1) is 17.8. The Labute approximate surface area is 217 Å². The number of β-amino-alcohol motifs (C(OH)–C–C–N with tert-alkyl or cyclic N) is 1. The Balaban J connectivity index is 1.35. The first kappa shape index (κ1) is 26.9. The molecule has 0 aliphatic carbocycles. The van der Waals surface area contributed by atoms with Gasteiger partial charge in [-0.1, -0.05) is 13.0 Å². The van der Waals surface area contributed by atoms with Crippen LogP contribution in [0.15, 0.2) is 48.8 Å². The number of likely N-dealkylation sites (tertiary alicyclic amines) is 1. The minimum absolute atomic E-state index is 0.0947. The molecule has 2 N–H and O–H groups in total. The third kappa shape index (κ3) is 6.60. The fraction of sp³-hybridized carbons (Fsp3) is 0.464. The number of nitrogens with zero attached hydrogens (tertiary/aromatic N) is 3. The Morgan fingerprint density at radius 1 is 1.16 bits per heavy atom. The zero-order valence-corrected chi connectivity index (χ0v) is 21.7. The quantitative estimate of drug-likeness (QED) is 0.407. The van der Waals surface area contributed by atoms with E-state index < -0.39 is 11.7 Å². The second-order valence-electron chi connectivity index (χ2n) is 9.54. The Hall–Kier alpha value is -3.14. The molecular weight excluding hydrogens is 477 g/mol. The van der Waals surface area contributed by atoms with Crippen LogP contribution in [0.2, 0.25) is 0 Å². The molecule has 0 bridgehead atoms. The lowest BCUT2D eigenvalue weighted by atomic mass is 9.90. The van der Waals surface area contributed by atoms with E-state index in [1.807, 2.05) is 24.4 Å². The molecule has 200 valence electrons. The SMILES string of the molecule is CCc1nccn1CCOc1ccc(CN2CC[C@H](O)[C@@](O)(COc3ccc(F)c(C)c3)C2)cc1OC. The van der Waals surface area contributed by atoms with Gasteiger partial charge in [-0.3, -0.25) is 4.90 Å². The van der Waals surface area contributed by atoms with Crippen molar-refractivity contribution in [2.45, 2.75) is 51.5 Å². The van der Waals surface area contributed by atoms with Gasteiger partial charge in [0.2, 0.25) is 0 Å². The van der Waals surface area contributed by atoms with Crippen molar-refractivity contribution in [1.29, 1.82) is 0 Å². The van der Waals surface area contributed by atoms with Gasteiger partial charge in [0.05, 0.1) is 19.8 Å². The predicted octanol–water partition coefficient (Wildman–Crippen LogP) is 3.36. The van der Waals surface area contributed by atoms with Crippen LogP contribution in [0, 0.1) is 12.7 Å². The van der Waals surface area contributed by atoms with Crippen LogP contribution < -0.4 is 14.2 Å². The Bertz CT molecular complexity index is 1190. The van der Waals surface area contributed by atoms with E-state index in [2.05, 4.69) is 21.4 Å². The topological polar surface area (TPSA) is 89.2 Å². The number of aliphatic hydroxyl groups excluding tert-OH is 1. The van der Waals surface area contributed by atoms with Gasteiger partial charge in [0.25, 0.3) is 0 Å². The number of aromatic nitrogens is 2. The van der Waals surface area contributed by atoms with E-state index in [-0.39, 0.29) is 19.0 Å². The summed E-state index contributed by atoms with van der Waals surface area (Å²) in [5, 5.41) is 21.7. The van der Waals surface area contributed by atoms with Gasteiger partial charge in [-0.2, -0.15) is 0 Å². The van der Waals surface area contributed by atoms with E-state index in [9.17, 15) is 14.6 Å². The van der Waals surface area contributed by atoms with Crippen LogP contribution in [0.1, 0.15) is 30.3 Å². The minimum Gasteiger partial charge on any atom is -0.493 e. The first-order valence-electron chi connectivity index (χ1n) is 12.6. The number of imidazole rings is 1. The Morgan fingerprint density at radius 2 is 2.00 bits per heavy atom. The lowest BCUT2D eigenvalue weighted by Gasteiger charge is -2.42. The summed E-state index contributed by atoms with van der Waals surface area (Å²) in [5.41, 5.74) is 0.0169. The van der Waals surface area contributed by atoms with Gasteiger partial charge in [-0.25, -0.2) is 9.37 Å². The summed E-state index contributed by atoms with van der Waals surface area (Å²) in [5.74, 6) is 2.47. The molecule has 2 aromatic carbocycles. The monoisotopic (exact) mass is 513 g/mol. The number of aryl methyl sites for hydroxylation is 2. The van der Waals surface area contributed by atoms with E-state index in [1.165, 1.54) is 12.1 Å². The van der Waals surface area contributed by atoms with Crippen molar-refractivity contribution in [3.05, 3.63) is 71.6 Å². The molecule has 1 saturated heterocycles. The van der Waals surface area contributed by atoms with Crippen LogP contribution in [0.3, 0.4) is 0 Å². The van der Waals surface area contributed by atoms with Crippen molar-refractivity contribution in [3.63, 3.8) is 0 Å². The zero-order chi connectivity index (χ0) is 26.4. The molecule has 0 radical (unpaired) electrons. The highest BCUT2D eigenvalue weighted by molar-refractivity contribution is 5.43. The molecule has 0 saturated carbocycles. The summed E-state index contributed by atoms with van der Waals surface area (Å²) in [4.78, 5) is 6.41. The number of halogens is 1. The van der Waals surface area contributed by atoms with Crippen LogP contribution in [0.25, 0.3) is 0 Å². The van der Waals surface area contributed by atoms with Crippen molar-refractivity contribution in [2.24, 2.45) is 0 Å². The van der Waals surface area contributed by atoms with Gasteiger partial charge in [0, 0.05) is 38.4 Å². The van der Waals surface area contributed by atoms with Gasteiger partial charge in [-0.05, 0) is 54.8 Å². The van der Waals surface area contributed by atoms with E-state index in [1.54, 1.807) is 26.3 Å². The van der Waals surface area contributed by atoms with Crippen LogP contribution in [0.4, 0.5) is 4.39 Å². The molecule has 9 heteroatoms. The van der Waals surface area contributed by atoms with E-state index >= 15 is 0 Å². The number of ether oxygens (including phenoxy) is 3. The zero-order valence-electron chi connectivity index (χ0n) is 21.7. The highest BCUT2D eigenvalue weighted by Crippen LogP contribution is 2.30. The van der Waals surface area contributed by atoms with Gasteiger partial charge >= 0.3 is 0 Å². The molecular formula is C28H36FN3O5. The van der Waals surface area contributed by atoms with Crippen molar-refractivity contribution in [1.82, 2.24) is 14.5 Å². The molecule has 1 aromatic heterocycles. The third-order valence-corrected chi connectivity index (χ3v) is 6.80. The number of piperidine rings is 1. The standard InChI is InChI=1S/C28H36FN3O5/c1-4-27-30-10-12-32(27)13-14-36-24-8-5-21(16-25(24)35-3)17-31-11-9-26(33)28(34,18-31)19-37-22-6-7-23(29)20(2)15-22/h5-8,10,12,15-16,26,33-34H,4,9,11,13-14,17-19H2,1-3H3/t26-,28-/m0/s1. The molecule has 8 nitrogen and oxygen atoms in total. The summed E-state index contributed by atoms with van der Waals surface area (Å²) in [6.45, 7) is 6.25. The maximum absolute atomic E-state index is 13.5. The minimum atomic E-state index is -1.45. The maximum atomic E-state index is 13.5. The van der Waals surface area contributed by atoms with Crippen molar-refractivity contribution in [3.8, 4) is 17.2 Å². The lowest BCUT2D eigenvalue weighted by molar-refractivity contribution is -0.140. The second kappa shape index (κ2) is 11.9. The fourth-order valence-corrected chi connectivity index (χ4v) is 4.64. The fourth-order valence-electron chi connectivity index (χ4n) is 4.64. The molecule has 3 aromatic rings. The Morgan fingerprint density at radius 3 is 2.76 bits per heavy atom. The van der Waals surface area contributed by atoms with Crippen LogP contribution in [0.5, 0.6) is 17.2 Å². The van der Waals surface area contributed by atoms with Crippen molar-refractivity contribution >= 4 is 0 Å². The van der Waals surface area contributed by atoms with Crippen LogP contribution >= 0.6 is 0 Å². The largest absolute Gasteiger partial charge is 0.493 e. The average Bonchev–Trinajstić information content (AvgIpc) is 3.35. The summed E-state index contributed by atoms with van der Waals surface area (Å²) >= 11 is 0. The molecule has 1 fully saturated rings. The number of rotatable bonds is 11. The molecule has 1 aliphatic rings. The number of hydrogen-bond donors (Lipinski definition) is 2. The molecule has 4 rings (SSSR count). The van der Waals surface area contributed by atoms with Crippen molar-refractivity contribution < 1.29 is 28.8 Å². The molecule has 0 unspecified atom stereocenters. The van der Waals surface area contributed by atoms with Gasteiger partial charge < -0.3 is 29.0 Å². The van der Waals surface area contributed by atoms with E-state index in [4.69, 9.17) is 14.2 Å². The number of methoxy groups -OCH3 is 1. The summed E-state index contributed by atoms with van der Waals surface area (Å²) in [7, 11) is 1.61. The molecule has 2 atom stereocenters. The van der Waals surface area contributed by atoms with Gasteiger partial charge in [-0.15, -0.1) is 0 Å². The molecule has 0 amide bonds. The summed E-state index contributed by atoms with van der Waals surface area (Å²) < 4.78 is 32.9. The highest BCUT2D eigenvalue weighted by Gasteiger charge is 2.42. The predicted molar refractivity (Wildman–Crippen MR) is 138 cm³/mol. The molecule has 2 heterocycles. The van der Waals surface area contributed by atoms with Gasteiger partial charge in [0.15, 0.2) is 11.5 Å². The van der Waals surface area contributed by atoms with Gasteiger partial charge in [0.1, 0.15) is 36.2 Å². The van der Waals surface area contributed by atoms with E-state index in [0.717, 1.165) is 17.8 Å². The maximum Gasteiger partial charge on any atom is 0.161 e. The van der Waals surface area contributed by atoms with Crippen molar-refractivity contribution in [2.75, 3.05) is 33.4 Å². The smallest absolute Gasteiger partial charge is 0.161 e. The van der Waals surface area contributed by atoms with E-state index in [0.29, 0.717) is 55.5 Å². The van der Waals surface area contributed by atoms with Crippen LogP contribution in [-0.2, 0) is 19.5 Å². The average molecular weight is 514 g/mol. The normalized spacial score (nSPS) is 20.1. The number of benzene rings is 2. The molecule has 1 aliphatic heterocycles.